The van der Waals surface area contributed by atoms with Crippen molar-refractivity contribution in [2.24, 2.45) is 0 Å². The second-order valence-corrected chi connectivity index (χ2v) is 7.64. The van der Waals surface area contributed by atoms with Crippen LogP contribution in [0.25, 0.3) is 0 Å². The third kappa shape index (κ3) is 4.61. The third-order valence-corrected chi connectivity index (χ3v) is 5.69. The molecule has 0 saturated carbocycles. The van der Waals surface area contributed by atoms with Gasteiger partial charge in [0, 0.05) is 6.54 Å². The summed E-state index contributed by atoms with van der Waals surface area (Å²) in [6.07, 6.45) is 1.47. The molecular weight excluding hydrogens is 365 g/mol. The second kappa shape index (κ2) is 7.66. The van der Waals surface area contributed by atoms with Crippen molar-refractivity contribution in [2.45, 2.75) is 17.7 Å². The van der Waals surface area contributed by atoms with E-state index in [1.54, 1.807) is 0 Å². The van der Waals surface area contributed by atoms with Crippen LogP contribution in [0.5, 0.6) is 0 Å². The average molecular weight is 379 g/mol. The number of rotatable bonds is 6. The van der Waals surface area contributed by atoms with Crippen molar-refractivity contribution < 1.29 is 8.42 Å². The summed E-state index contributed by atoms with van der Waals surface area (Å²) in [6, 6.07) is 12.4. The first-order valence-corrected chi connectivity index (χ1v) is 9.20. The molecule has 2 aromatic carbocycles. The Bertz CT molecular complexity index is 749. The van der Waals surface area contributed by atoms with E-state index in [0.29, 0.717) is 13.0 Å². The first kappa shape index (κ1) is 17.6. The molecule has 0 bridgehead atoms. The maximum Gasteiger partial charge on any atom is 0.242 e. The molecule has 2 aromatic rings. The van der Waals surface area contributed by atoms with Crippen LogP contribution in [-0.2, 0) is 16.4 Å². The van der Waals surface area contributed by atoms with Gasteiger partial charge in [0.15, 0.2) is 0 Å². The van der Waals surface area contributed by atoms with Crippen LogP contribution in [0.2, 0.25) is 15.1 Å². The van der Waals surface area contributed by atoms with E-state index >= 15 is 0 Å². The fraction of sp³-hybridized carbons (Fsp3) is 0.200. The molecule has 0 heterocycles. The second-order valence-electron chi connectivity index (χ2n) is 4.68. The predicted molar refractivity (Wildman–Crippen MR) is 91.4 cm³/mol. The molecule has 0 aliphatic carbocycles. The van der Waals surface area contributed by atoms with E-state index in [2.05, 4.69) is 4.72 Å². The van der Waals surface area contributed by atoms with E-state index in [1.165, 1.54) is 12.1 Å². The minimum absolute atomic E-state index is 0.0463. The summed E-state index contributed by atoms with van der Waals surface area (Å²) in [4.78, 5) is -0.0664. The zero-order valence-corrected chi connectivity index (χ0v) is 14.6. The Morgan fingerprint density at radius 2 is 1.55 bits per heavy atom. The topological polar surface area (TPSA) is 46.2 Å². The van der Waals surface area contributed by atoms with E-state index in [-0.39, 0.29) is 20.0 Å². The van der Waals surface area contributed by atoms with Crippen LogP contribution < -0.4 is 4.72 Å². The molecule has 0 radical (unpaired) electrons. The quantitative estimate of drug-likeness (QED) is 0.591. The van der Waals surface area contributed by atoms with Crippen LogP contribution in [0.3, 0.4) is 0 Å². The van der Waals surface area contributed by atoms with Crippen molar-refractivity contribution >= 4 is 44.8 Å². The largest absolute Gasteiger partial charge is 0.242 e. The first-order chi connectivity index (χ1) is 10.4. The van der Waals surface area contributed by atoms with Gasteiger partial charge in [0.25, 0.3) is 0 Å². The van der Waals surface area contributed by atoms with Crippen molar-refractivity contribution in [3.05, 3.63) is 63.1 Å². The lowest BCUT2D eigenvalue weighted by atomic mass is 10.1. The molecule has 0 aliphatic rings. The highest BCUT2D eigenvalue weighted by atomic mass is 35.5. The molecule has 1 N–H and O–H groups in total. The van der Waals surface area contributed by atoms with Gasteiger partial charge < -0.3 is 0 Å². The number of nitrogens with one attached hydrogen (secondary N) is 1. The Labute approximate surface area is 145 Å². The average Bonchev–Trinajstić information content (AvgIpc) is 2.48. The molecule has 3 nitrogen and oxygen atoms in total. The van der Waals surface area contributed by atoms with Gasteiger partial charge >= 0.3 is 0 Å². The van der Waals surface area contributed by atoms with Gasteiger partial charge in [-0.25, -0.2) is 13.1 Å². The minimum atomic E-state index is -3.71. The van der Waals surface area contributed by atoms with Gasteiger partial charge in [-0.15, -0.1) is 0 Å². The molecule has 0 aromatic heterocycles. The maximum atomic E-state index is 12.2. The SMILES string of the molecule is O=S(=O)(NCCCc1ccccc1)c1cc(Cl)c(Cl)cc1Cl. The highest BCUT2D eigenvalue weighted by molar-refractivity contribution is 7.89. The highest BCUT2D eigenvalue weighted by Crippen LogP contribution is 2.31. The lowest BCUT2D eigenvalue weighted by Crippen LogP contribution is -2.25. The molecule has 0 aliphatic heterocycles. The van der Waals surface area contributed by atoms with Gasteiger partial charge in [-0.3, -0.25) is 0 Å². The predicted octanol–water partition coefficient (Wildman–Crippen LogP) is 4.56. The molecule has 0 spiro atoms. The lowest BCUT2D eigenvalue weighted by molar-refractivity contribution is 0.579. The number of hydrogen-bond acceptors (Lipinski definition) is 2. The van der Waals surface area contributed by atoms with Crippen LogP contribution in [0.4, 0.5) is 0 Å². The lowest BCUT2D eigenvalue weighted by Gasteiger charge is -2.09. The summed E-state index contributed by atoms with van der Waals surface area (Å²) in [5, 5.41) is 0.412. The Kier molecular flexibility index (Phi) is 6.12. The van der Waals surface area contributed by atoms with Crippen LogP contribution in [0.1, 0.15) is 12.0 Å². The minimum Gasteiger partial charge on any atom is -0.211 e. The van der Waals surface area contributed by atoms with Gasteiger partial charge in [-0.1, -0.05) is 65.1 Å². The van der Waals surface area contributed by atoms with Gasteiger partial charge in [-0.05, 0) is 30.5 Å². The number of benzene rings is 2. The van der Waals surface area contributed by atoms with Crippen molar-refractivity contribution in [2.75, 3.05) is 6.54 Å². The van der Waals surface area contributed by atoms with Gasteiger partial charge in [-0.2, -0.15) is 0 Å². The van der Waals surface area contributed by atoms with E-state index in [4.69, 9.17) is 34.8 Å². The van der Waals surface area contributed by atoms with E-state index in [9.17, 15) is 8.42 Å². The van der Waals surface area contributed by atoms with Crippen LogP contribution in [0, 0.1) is 0 Å². The Hall–Kier alpha value is -0.780. The first-order valence-electron chi connectivity index (χ1n) is 6.58. The third-order valence-electron chi connectivity index (χ3n) is 3.04. The number of aryl methyl sites for hydroxylation is 1. The molecule has 0 fully saturated rings. The smallest absolute Gasteiger partial charge is 0.211 e. The van der Waals surface area contributed by atoms with Crippen molar-refractivity contribution in [1.29, 1.82) is 0 Å². The maximum absolute atomic E-state index is 12.2. The van der Waals surface area contributed by atoms with Gasteiger partial charge in [0.1, 0.15) is 4.90 Å². The molecule has 118 valence electrons. The standard InChI is InChI=1S/C15H14Cl3NO2S/c16-12-9-14(18)15(10-13(12)17)22(20,21)19-8-4-7-11-5-2-1-3-6-11/h1-3,5-6,9-10,19H,4,7-8H2. The number of halogens is 3. The molecule has 0 amide bonds. The molecule has 7 heteroatoms. The highest BCUT2D eigenvalue weighted by Gasteiger charge is 2.19. The molecule has 0 atom stereocenters. The van der Waals surface area contributed by atoms with Crippen LogP contribution in [0.15, 0.2) is 47.4 Å². The molecule has 0 saturated heterocycles. The normalized spacial score (nSPS) is 11.6. The fourth-order valence-corrected chi connectivity index (χ4v) is 4.01. The Balaban J connectivity index is 1.98. The fourth-order valence-electron chi connectivity index (χ4n) is 1.93. The molecule has 0 unspecified atom stereocenters. The summed E-state index contributed by atoms with van der Waals surface area (Å²) in [7, 11) is -3.71. The number of sulfonamides is 1. The summed E-state index contributed by atoms with van der Waals surface area (Å²) in [6.45, 7) is 0.313. The van der Waals surface area contributed by atoms with Crippen LogP contribution >= 0.6 is 34.8 Å². The Morgan fingerprint density at radius 1 is 0.909 bits per heavy atom. The zero-order chi connectivity index (χ0) is 16.2. The monoisotopic (exact) mass is 377 g/mol. The van der Waals surface area contributed by atoms with E-state index < -0.39 is 10.0 Å². The van der Waals surface area contributed by atoms with Crippen molar-refractivity contribution in [3.8, 4) is 0 Å². The zero-order valence-electron chi connectivity index (χ0n) is 11.5. The summed E-state index contributed by atoms with van der Waals surface area (Å²) >= 11 is 17.6. The number of hydrogen-bond donors (Lipinski definition) is 1. The molecular formula is C15H14Cl3NO2S. The van der Waals surface area contributed by atoms with Crippen molar-refractivity contribution in [1.82, 2.24) is 4.72 Å². The Morgan fingerprint density at radius 3 is 2.23 bits per heavy atom. The van der Waals surface area contributed by atoms with E-state index in [0.717, 1.165) is 12.0 Å². The van der Waals surface area contributed by atoms with Crippen LogP contribution in [-0.4, -0.2) is 15.0 Å². The molecule has 22 heavy (non-hydrogen) atoms. The van der Waals surface area contributed by atoms with Gasteiger partial charge in [0.2, 0.25) is 10.0 Å². The molecule has 2 rings (SSSR count). The van der Waals surface area contributed by atoms with E-state index in [1.807, 2.05) is 30.3 Å². The summed E-state index contributed by atoms with van der Waals surface area (Å²) < 4.78 is 27.0. The summed E-state index contributed by atoms with van der Waals surface area (Å²) in [5.74, 6) is 0. The summed E-state index contributed by atoms with van der Waals surface area (Å²) in [5.41, 5.74) is 1.16. The van der Waals surface area contributed by atoms with Crippen molar-refractivity contribution in [3.63, 3.8) is 0 Å². The van der Waals surface area contributed by atoms with Gasteiger partial charge in [0.05, 0.1) is 15.1 Å².